The summed E-state index contributed by atoms with van der Waals surface area (Å²) in [5.74, 6) is -0.00564. The summed E-state index contributed by atoms with van der Waals surface area (Å²) in [6, 6.07) is 16.9. The van der Waals surface area contributed by atoms with Crippen LogP contribution < -0.4 is 10.6 Å². The van der Waals surface area contributed by atoms with E-state index in [0.29, 0.717) is 11.6 Å². The number of hydrogen-bond donors (Lipinski definition) is 2. The lowest BCUT2D eigenvalue weighted by atomic mass is 10.1. The second-order valence-electron chi connectivity index (χ2n) is 7.42. The Morgan fingerprint density at radius 2 is 1.82 bits per heavy atom. The molecule has 2 aromatic heterocycles. The number of pyridine rings is 1. The van der Waals surface area contributed by atoms with Crippen molar-refractivity contribution in [3.63, 3.8) is 0 Å². The number of aryl methyl sites for hydroxylation is 1. The summed E-state index contributed by atoms with van der Waals surface area (Å²) in [6.07, 6.45) is 6.19. The number of hydrogen-bond acceptors (Lipinski definition) is 7. The van der Waals surface area contributed by atoms with Gasteiger partial charge in [-0.3, -0.25) is 9.78 Å². The molecule has 0 bridgehead atoms. The van der Waals surface area contributed by atoms with Crippen LogP contribution in [0.15, 0.2) is 84.1 Å². The first-order valence-corrected chi connectivity index (χ1v) is 11.9. The van der Waals surface area contributed by atoms with Crippen molar-refractivity contribution in [2.45, 2.75) is 11.8 Å². The first kappa shape index (κ1) is 22.1. The van der Waals surface area contributed by atoms with Gasteiger partial charge in [-0.15, -0.1) is 0 Å². The Morgan fingerprint density at radius 3 is 2.58 bits per heavy atom. The van der Waals surface area contributed by atoms with E-state index in [1.54, 1.807) is 48.9 Å². The number of aromatic nitrogens is 3. The molecule has 33 heavy (non-hydrogen) atoms. The van der Waals surface area contributed by atoms with Gasteiger partial charge in [0.25, 0.3) is 5.91 Å². The minimum absolute atomic E-state index is 0.0899. The fourth-order valence-electron chi connectivity index (χ4n) is 3.12. The van der Waals surface area contributed by atoms with Gasteiger partial charge in [0.05, 0.1) is 10.6 Å². The van der Waals surface area contributed by atoms with E-state index in [2.05, 4.69) is 25.6 Å². The maximum absolute atomic E-state index is 12.7. The number of benzene rings is 2. The van der Waals surface area contributed by atoms with Gasteiger partial charge in [0.1, 0.15) is 0 Å². The minimum Gasteiger partial charge on any atom is -0.324 e. The SMILES string of the molecule is Cc1ccc(NC(=O)c2cccc(S(C)(=O)=O)c2)cc1Nc1nccc(-c2cccnc2)n1. The van der Waals surface area contributed by atoms with E-state index in [-0.39, 0.29) is 10.5 Å². The molecule has 0 fully saturated rings. The molecule has 1 amide bonds. The van der Waals surface area contributed by atoms with Gasteiger partial charge in [0.2, 0.25) is 5.95 Å². The minimum atomic E-state index is -3.41. The Morgan fingerprint density at radius 1 is 0.970 bits per heavy atom. The van der Waals surface area contributed by atoms with E-state index in [1.165, 1.54) is 12.1 Å². The normalized spacial score (nSPS) is 11.1. The molecular weight excluding hydrogens is 438 g/mol. The average molecular weight is 460 g/mol. The molecule has 166 valence electrons. The number of amides is 1. The predicted octanol–water partition coefficient (Wildman–Crippen LogP) is 4.25. The summed E-state index contributed by atoms with van der Waals surface area (Å²) in [6.45, 7) is 1.93. The van der Waals surface area contributed by atoms with Crippen molar-refractivity contribution >= 4 is 33.1 Å². The van der Waals surface area contributed by atoms with Crippen LogP contribution in [0.3, 0.4) is 0 Å². The lowest BCUT2D eigenvalue weighted by Gasteiger charge is -2.12. The fraction of sp³-hybridized carbons (Fsp3) is 0.0833. The Kier molecular flexibility index (Phi) is 6.14. The van der Waals surface area contributed by atoms with Crippen LogP contribution in [0, 0.1) is 6.92 Å². The monoisotopic (exact) mass is 459 g/mol. The molecule has 8 nitrogen and oxygen atoms in total. The molecule has 0 unspecified atom stereocenters. The average Bonchev–Trinajstić information content (AvgIpc) is 2.81. The third-order valence-electron chi connectivity index (χ3n) is 4.88. The quantitative estimate of drug-likeness (QED) is 0.443. The lowest BCUT2D eigenvalue weighted by molar-refractivity contribution is 0.102. The van der Waals surface area contributed by atoms with Crippen LogP contribution in [-0.2, 0) is 9.84 Å². The van der Waals surface area contributed by atoms with Gasteiger partial charge in [-0.2, -0.15) is 0 Å². The molecule has 0 spiro atoms. The van der Waals surface area contributed by atoms with E-state index in [1.807, 2.05) is 25.1 Å². The van der Waals surface area contributed by atoms with Crippen molar-refractivity contribution in [3.05, 3.63) is 90.4 Å². The highest BCUT2D eigenvalue weighted by Gasteiger charge is 2.13. The summed E-state index contributed by atoms with van der Waals surface area (Å²) in [7, 11) is -3.41. The van der Waals surface area contributed by atoms with Gasteiger partial charge in [0.15, 0.2) is 9.84 Å². The summed E-state index contributed by atoms with van der Waals surface area (Å²) in [5.41, 5.74) is 4.05. The van der Waals surface area contributed by atoms with Gasteiger partial charge < -0.3 is 10.6 Å². The van der Waals surface area contributed by atoms with Crippen LogP contribution in [0.25, 0.3) is 11.3 Å². The molecule has 2 N–H and O–H groups in total. The zero-order valence-electron chi connectivity index (χ0n) is 18.0. The third kappa shape index (κ3) is 5.39. The van der Waals surface area contributed by atoms with Crippen LogP contribution in [-0.4, -0.2) is 35.5 Å². The molecule has 9 heteroatoms. The van der Waals surface area contributed by atoms with Crippen LogP contribution in [0.5, 0.6) is 0 Å². The molecule has 0 aliphatic rings. The van der Waals surface area contributed by atoms with Crippen molar-refractivity contribution in [3.8, 4) is 11.3 Å². The van der Waals surface area contributed by atoms with Crippen LogP contribution >= 0.6 is 0 Å². The molecule has 2 heterocycles. The van der Waals surface area contributed by atoms with Crippen molar-refractivity contribution in [1.29, 1.82) is 0 Å². The third-order valence-corrected chi connectivity index (χ3v) is 5.99. The second-order valence-corrected chi connectivity index (χ2v) is 9.43. The molecular formula is C24H21N5O3S. The zero-order valence-corrected chi connectivity index (χ0v) is 18.8. The summed E-state index contributed by atoms with van der Waals surface area (Å²) < 4.78 is 23.6. The molecule has 0 atom stereocenters. The number of nitrogens with zero attached hydrogens (tertiary/aromatic N) is 3. The Bertz CT molecular complexity index is 1420. The van der Waals surface area contributed by atoms with Gasteiger partial charge in [-0.05, 0) is 61.0 Å². The Hall–Kier alpha value is -4.11. The Balaban J connectivity index is 1.55. The molecule has 4 aromatic rings. The Labute approximate surface area is 191 Å². The highest BCUT2D eigenvalue weighted by molar-refractivity contribution is 7.90. The number of anilines is 3. The fourth-order valence-corrected chi connectivity index (χ4v) is 3.79. The molecule has 2 aromatic carbocycles. The van der Waals surface area contributed by atoms with Crippen LogP contribution in [0.2, 0.25) is 0 Å². The van der Waals surface area contributed by atoms with Crippen molar-refractivity contribution < 1.29 is 13.2 Å². The number of sulfone groups is 1. The maximum atomic E-state index is 12.7. The van der Waals surface area contributed by atoms with E-state index < -0.39 is 15.7 Å². The van der Waals surface area contributed by atoms with Crippen LogP contribution in [0.4, 0.5) is 17.3 Å². The largest absolute Gasteiger partial charge is 0.324 e. The first-order chi connectivity index (χ1) is 15.8. The predicted molar refractivity (Wildman–Crippen MR) is 127 cm³/mol. The highest BCUT2D eigenvalue weighted by Crippen LogP contribution is 2.25. The lowest BCUT2D eigenvalue weighted by Crippen LogP contribution is -2.13. The van der Waals surface area contributed by atoms with Gasteiger partial charge in [-0.1, -0.05) is 12.1 Å². The molecule has 4 rings (SSSR count). The van der Waals surface area contributed by atoms with Crippen molar-refractivity contribution in [2.75, 3.05) is 16.9 Å². The molecule has 0 saturated carbocycles. The molecule has 0 aliphatic carbocycles. The topological polar surface area (TPSA) is 114 Å². The van der Waals surface area contributed by atoms with Gasteiger partial charge in [-0.25, -0.2) is 18.4 Å². The summed E-state index contributed by atoms with van der Waals surface area (Å²) >= 11 is 0. The maximum Gasteiger partial charge on any atom is 0.255 e. The summed E-state index contributed by atoms with van der Waals surface area (Å²) in [5, 5.41) is 6.00. The number of carbonyl (C=O) groups is 1. The highest BCUT2D eigenvalue weighted by atomic mass is 32.2. The molecule has 0 radical (unpaired) electrons. The molecule has 0 saturated heterocycles. The van der Waals surface area contributed by atoms with Crippen LogP contribution in [0.1, 0.15) is 15.9 Å². The van der Waals surface area contributed by atoms with E-state index >= 15 is 0 Å². The molecule has 0 aliphatic heterocycles. The first-order valence-electron chi connectivity index (χ1n) is 10.0. The van der Waals surface area contributed by atoms with E-state index in [4.69, 9.17) is 0 Å². The zero-order chi connectivity index (χ0) is 23.4. The number of rotatable bonds is 6. The number of carbonyl (C=O) groups excluding carboxylic acids is 1. The second kappa shape index (κ2) is 9.17. The van der Waals surface area contributed by atoms with Crippen molar-refractivity contribution in [1.82, 2.24) is 15.0 Å². The van der Waals surface area contributed by atoms with Crippen molar-refractivity contribution in [2.24, 2.45) is 0 Å². The standard InChI is InChI=1S/C24H21N5O3S/c1-16-8-9-19(27-23(30)17-5-3-7-20(13-17)33(2,31)32)14-22(16)29-24-26-12-10-21(28-24)18-6-4-11-25-15-18/h3-15H,1-2H3,(H,27,30)(H,26,28,29). The number of nitrogens with one attached hydrogen (secondary N) is 2. The van der Waals surface area contributed by atoms with Gasteiger partial charge >= 0.3 is 0 Å². The summed E-state index contributed by atoms with van der Waals surface area (Å²) in [4.78, 5) is 25.7. The van der Waals surface area contributed by atoms with E-state index in [0.717, 1.165) is 28.8 Å². The van der Waals surface area contributed by atoms with E-state index in [9.17, 15) is 13.2 Å². The smallest absolute Gasteiger partial charge is 0.255 e. The van der Waals surface area contributed by atoms with Gasteiger partial charge in [0, 0.05) is 47.3 Å².